The fraction of sp³-hybridized carbons (Fsp3) is 0.222. The fourth-order valence-electron chi connectivity index (χ4n) is 2.74. The molecule has 0 aliphatic rings. The molecule has 2 aromatic heterocycles. The maximum Gasteiger partial charge on any atom is 0.278 e. The van der Waals surface area contributed by atoms with Crippen molar-refractivity contribution in [1.29, 1.82) is 0 Å². The highest BCUT2D eigenvalue weighted by Crippen LogP contribution is 2.27. The van der Waals surface area contributed by atoms with Crippen LogP contribution in [0.15, 0.2) is 47.5 Å². The summed E-state index contributed by atoms with van der Waals surface area (Å²) in [4.78, 5) is 20.2. The van der Waals surface area contributed by atoms with Crippen LogP contribution in [-0.4, -0.2) is 46.4 Å². The van der Waals surface area contributed by atoms with Gasteiger partial charge in [0.2, 0.25) is 0 Å². The third kappa shape index (κ3) is 4.46. The van der Waals surface area contributed by atoms with Gasteiger partial charge in [-0.05, 0) is 30.8 Å². The van der Waals surface area contributed by atoms with Crippen molar-refractivity contribution >= 4 is 33.3 Å². The summed E-state index contributed by atoms with van der Waals surface area (Å²) in [6.07, 6.45) is 6.17. The van der Waals surface area contributed by atoms with E-state index in [-0.39, 0.29) is 17.6 Å². The quantitative estimate of drug-likeness (QED) is 0.508. The second-order valence-electron chi connectivity index (χ2n) is 5.95. The third-order valence-electron chi connectivity index (χ3n) is 4.03. The van der Waals surface area contributed by atoms with Gasteiger partial charge in [0.1, 0.15) is 5.75 Å². The molecular formula is C18H20BrN7O2. The smallest absolute Gasteiger partial charge is 0.278 e. The molecule has 0 aliphatic heterocycles. The van der Waals surface area contributed by atoms with Gasteiger partial charge in [-0.3, -0.25) is 9.48 Å². The standard InChI is InChI=1S/C18H20BrN7O2/c1-21-9-15(11-5-12(19)7-14(6-11)28-2)26-10-13(8-24-26)25-18(27)16-17(20)23-4-3-22-16/h3-8,10,15,21H,9H2,1-2H3,(H2,20,23)(H,25,27). The Labute approximate surface area is 170 Å². The Morgan fingerprint density at radius 1 is 1.32 bits per heavy atom. The lowest BCUT2D eigenvalue weighted by atomic mass is 10.1. The average Bonchev–Trinajstić information content (AvgIpc) is 3.13. The van der Waals surface area contributed by atoms with Crippen LogP contribution < -0.4 is 21.1 Å². The molecule has 9 nitrogen and oxygen atoms in total. The first-order chi connectivity index (χ1) is 13.5. The highest BCUT2D eigenvalue weighted by Gasteiger charge is 2.18. The number of likely N-dealkylation sites (N-methyl/N-ethyl adjacent to an activating group) is 1. The van der Waals surface area contributed by atoms with Gasteiger partial charge >= 0.3 is 0 Å². The Bertz CT molecular complexity index is 976. The molecule has 1 aromatic carbocycles. The van der Waals surface area contributed by atoms with Crippen LogP contribution >= 0.6 is 15.9 Å². The maximum atomic E-state index is 12.4. The molecule has 0 spiro atoms. The lowest BCUT2D eigenvalue weighted by molar-refractivity contribution is 0.102. The molecule has 28 heavy (non-hydrogen) atoms. The first-order valence-electron chi connectivity index (χ1n) is 8.43. The summed E-state index contributed by atoms with van der Waals surface area (Å²) in [5.74, 6) is 0.366. The molecule has 0 saturated heterocycles. The van der Waals surface area contributed by atoms with E-state index in [0.717, 1.165) is 15.8 Å². The van der Waals surface area contributed by atoms with Gasteiger partial charge in [0.15, 0.2) is 11.5 Å². The zero-order chi connectivity index (χ0) is 20.1. The van der Waals surface area contributed by atoms with Gasteiger partial charge in [-0.25, -0.2) is 9.97 Å². The summed E-state index contributed by atoms with van der Waals surface area (Å²) in [7, 11) is 3.49. The summed E-state index contributed by atoms with van der Waals surface area (Å²) in [5.41, 5.74) is 7.30. The summed E-state index contributed by atoms with van der Waals surface area (Å²) in [5, 5.41) is 10.3. The summed E-state index contributed by atoms with van der Waals surface area (Å²) < 4.78 is 8.03. The number of methoxy groups -OCH3 is 1. The maximum absolute atomic E-state index is 12.4. The zero-order valence-electron chi connectivity index (χ0n) is 15.4. The molecule has 0 saturated carbocycles. The highest BCUT2D eigenvalue weighted by molar-refractivity contribution is 9.10. The molecule has 1 unspecified atom stereocenters. The van der Waals surface area contributed by atoms with Crippen molar-refractivity contribution in [3.05, 3.63) is 58.7 Å². The third-order valence-corrected chi connectivity index (χ3v) is 4.49. The van der Waals surface area contributed by atoms with E-state index in [2.05, 4.69) is 41.6 Å². The number of carbonyl (C=O) groups is 1. The average molecular weight is 446 g/mol. The molecule has 3 aromatic rings. The van der Waals surface area contributed by atoms with Gasteiger partial charge in [-0.15, -0.1) is 0 Å². The molecule has 10 heteroatoms. The minimum absolute atomic E-state index is 0.0683. The van der Waals surface area contributed by atoms with Crippen LogP contribution in [0.4, 0.5) is 11.5 Å². The number of benzene rings is 1. The van der Waals surface area contributed by atoms with E-state index in [1.165, 1.54) is 12.4 Å². The van der Waals surface area contributed by atoms with E-state index in [4.69, 9.17) is 10.5 Å². The molecule has 0 bridgehead atoms. The number of nitrogens with two attached hydrogens (primary N) is 1. The van der Waals surface area contributed by atoms with Crippen molar-refractivity contribution in [3.63, 3.8) is 0 Å². The van der Waals surface area contributed by atoms with Crippen LogP contribution in [0.1, 0.15) is 22.1 Å². The molecular weight excluding hydrogens is 426 g/mol. The first-order valence-corrected chi connectivity index (χ1v) is 9.22. The Kier molecular flexibility index (Phi) is 6.22. The molecule has 0 fully saturated rings. The number of nitrogen functional groups attached to an aromatic ring is 1. The summed E-state index contributed by atoms with van der Waals surface area (Å²) in [6.45, 7) is 0.631. The lowest BCUT2D eigenvalue weighted by Gasteiger charge is -2.19. The van der Waals surface area contributed by atoms with Crippen molar-refractivity contribution in [2.45, 2.75) is 6.04 Å². The largest absolute Gasteiger partial charge is 0.497 e. The number of rotatable bonds is 7. The lowest BCUT2D eigenvalue weighted by Crippen LogP contribution is -2.24. The van der Waals surface area contributed by atoms with Crippen LogP contribution in [0, 0.1) is 0 Å². The summed E-state index contributed by atoms with van der Waals surface area (Å²) in [6, 6.07) is 5.74. The van der Waals surface area contributed by atoms with Crippen LogP contribution in [0.3, 0.4) is 0 Å². The number of ether oxygens (including phenoxy) is 1. The van der Waals surface area contributed by atoms with E-state index in [0.29, 0.717) is 12.2 Å². The second kappa shape index (κ2) is 8.81. The normalized spacial score (nSPS) is 11.8. The molecule has 146 valence electrons. The van der Waals surface area contributed by atoms with Gasteiger partial charge < -0.3 is 21.1 Å². The van der Waals surface area contributed by atoms with Crippen molar-refractivity contribution in [3.8, 4) is 5.75 Å². The van der Waals surface area contributed by atoms with Crippen molar-refractivity contribution in [2.24, 2.45) is 0 Å². The molecule has 1 amide bonds. The van der Waals surface area contributed by atoms with Crippen molar-refractivity contribution in [1.82, 2.24) is 25.1 Å². The van der Waals surface area contributed by atoms with E-state index < -0.39 is 5.91 Å². The fourth-order valence-corrected chi connectivity index (χ4v) is 3.23. The number of nitrogens with one attached hydrogen (secondary N) is 2. The van der Waals surface area contributed by atoms with E-state index >= 15 is 0 Å². The van der Waals surface area contributed by atoms with Gasteiger partial charge in [0.05, 0.1) is 25.0 Å². The van der Waals surface area contributed by atoms with E-state index in [1.807, 2.05) is 25.2 Å². The Balaban J connectivity index is 1.85. The number of hydrogen-bond donors (Lipinski definition) is 3. The van der Waals surface area contributed by atoms with Crippen molar-refractivity contribution in [2.75, 3.05) is 31.8 Å². The van der Waals surface area contributed by atoms with E-state index in [9.17, 15) is 4.79 Å². The monoisotopic (exact) mass is 445 g/mol. The van der Waals surface area contributed by atoms with Gasteiger partial charge in [0.25, 0.3) is 5.91 Å². The van der Waals surface area contributed by atoms with Crippen LogP contribution in [0.2, 0.25) is 0 Å². The van der Waals surface area contributed by atoms with E-state index in [1.54, 1.807) is 24.2 Å². The number of halogens is 1. The Morgan fingerprint density at radius 3 is 2.82 bits per heavy atom. The highest BCUT2D eigenvalue weighted by atomic mass is 79.9. The first kappa shape index (κ1) is 19.8. The SMILES string of the molecule is CNCC(c1cc(Br)cc(OC)c1)n1cc(NC(=O)c2nccnc2N)cn1. The van der Waals surface area contributed by atoms with Crippen LogP contribution in [0.5, 0.6) is 5.75 Å². The molecule has 3 rings (SSSR count). The van der Waals surface area contributed by atoms with Crippen LogP contribution in [-0.2, 0) is 0 Å². The summed E-state index contributed by atoms with van der Waals surface area (Å²) >= 11 is 3.50. The number of nitrogens with zero attached hydrogens (tertiary/aromatic N) is 4. The zero-order valence-corrected chi connectivity index (χ0v) is 17.0. The molecule has 2 heterocycles. The number of amides is 1. The predicted octanol–water partition coefficient (Wildman–Crippen LogP) is 2.09. The topological polar surface area (TPSA) is 120 Å². The molecule has 0 radical (unpaired) electrons. The minimum Gasteiger partial charge on any atom is -0.497 e. The van der Waals surface area contributed by atoms with Gasteiger partial charge in [0, 0.05) is 29.6 Å². The van der Waals surface area contributed by atoms with Crippen molar-refractivity contribution < 1.29 is 9.53 Å². The molecule has 1 atom stereocenters. The predicted molar refractivity (Wildman–Crippen MR) is 109 cm³/mol. The Morgan fingerprint density at radius 2 is 2.11 bits per heavy atom. The second-order valence-corrected chi connectivity index (χ2v) is 6.87. The number of aromatic nitrogens is 4. The number of hydrogen-bond acceptors (Lipinski definition) is 7. The number of anilines is 2. The number of carbonyl (C=O) groups excluding carboxylic acids is 1. The van der Waals surface area contributed by atoms with Crippen LogP contribution in [0.25, 0.3) is 0 Å². The molecule has 4 N–H and O–H groups in total. The minimum atomic E-state index is -0.445. The Hall–Kier alpha value is -2.98. The van der Waals surface area contributed by atoms with Gasteiger partial charge in [-0.1, -0.05) is 15.9 Å². The van der Waals surface area contributed by atoms with Gasteiger partial charge in [-0.2, -0.15) is 5.10 Å². The molecule has 0 aliphatic carbocycles.